The number of imidazole rings is 1. The number of alkyl halides is 3. The zero-order valence-electron chi connectivity index (χ0n) is 12.3. The Hall–Kier alpha value is -2.64. The summed E-state index contributed by atoms with van der Waals surface area (Å²) in [4.78, 5) is 4.44. The third-order valence-electron chi connectivity index (χ3n) is 3.45. The van der Waals surface area contributed by atoms with Crippen LogP contribution in [0.5, 0.6) is 0 Å². The second kappa shape index (κ2) is 5.86. The Bertz CT molecular complexity index is 825. The maximum atomic E-state index is 12.9. The molecule has 3 rings (SSSR count). The summed E-state index contributed by atoms with van der Waals surface area (Å²) in [5.74, 6) is -0.264. The lowest BCUT2D eigenvalue weighted by Gasteiger charge is -2.11. The van der Waals surface area contributed by atoms with Crippen molar-refractivity contribution < 1.29 is 13.2 Å². The molecule has 0 radical (unpaired) electrons. The number of hydrogen-bond donors (Lipinski definition) is 1. The molecule has 120 valence electrons. The largest absolute Gasteiger partial charge is 0.420 e. The molecule has 0 aliphatic heterocycles. The van der Waals surface area contributed by atoms with Crippen LogP contribution >= 0.6 is 0 Å². The number of nitrogens with zero attached hydrogens (tertiary/aromatic N) is 4. The third kappa shape index (κ3) is 3.25. The van der Waals surface area contributed by atoms with Crippen LogP contribution in [-0.2, 0) is 12.6 Å². The van der Waals surface area contributed by atoms with Crippen LogP contribution in [-0.4, -0.2) is 26.1 Å². The maximum Gasteiger partial charge on any atom is 0.420 e. The van der Waals surface area contributed by atoms with Crippen molar-refractivity contribution in [2.24, 2.45) is 0 Å². The second-order valence-electron chi connectivity index (χ2n) is 5.10. The summed E-state index contributed by atoms with van der Waals surface area (Å²) < 4.78 is 40.5. The molecule has 0 fully saturated rings. The molecule has 0 saturated carbocycles. The Kier molecular flexibility index (Phi) is 3.89. The molecule has 0 unspecified atom stereocenters. The molecule has 0 atom stereocenters. The quantitative estimate of drug-likeness (QED) is 0.802. The topological polar surface area (TPSA) is 55.1 Å². The highest BCUT2D eigenvalue weighted by Crippen LogP contribution is 2.32. The Labute approximate surface area is 130 Å². The number of hydrogen-bond acceptors (Lipinski definition) is 4. The fourth-order valence-electron chi connectivity index (χ4n) is 2.32. The van der Waals surface area contributed by atoms with E-state index < -0.39 is 11.7 Å². The Morgan fingerprint density at radius 1 is 1.22 bits per heavy atom. The number of nitrogens with one attached hydrogen (secondary N) is 1. The zero-order chi connectivity index (χ0) is 16.4. The fraction of sp³-hybridized carbons (Fsp3) is 0.267. The lowest BCUT2D eigenvalue weighted by molar-refractivity contribution is -0.137. The van der Waals surface area contributed by atoms with E-state index in [1.807, 2.05) is 35.7 Å². The average Bonchev–Trinajstić information content (AvgIpc) is 2.91. The van der Waals surface area contributed by atoms with Crippen molar-refractivity contribution in [1.82, 2.24) is 19.6 Å². The van der Waals surface area contributed by atoms with Gasteiger partial charge < -0.3 is 9.72 Å². The first-order valence-electron chi connectivity index (χ1n) is 7.01. The van der Waals surface area contributed by atoms with Crippen molar-refractivity contribution in [1.29, 1.82) is 0 Å². The predicted molar refractivity (Wildman–Crippen MR) is 79.2 cm³/mol. The number of aryl methyl sites for hydroxylation is 1. The third-order valence-corrected chi connectivity index (χ3v) is 3.45. The summed E-state index contributed by atoms with van der Waals surface area (Å²) in [6.07, 6.45) is -1.07. The minimum Gasteiger partial charge on any atom is -0.368 e. The first-order chi connectivity index (χ1) is 10.9. The highest BCUT2D eigenvalue weighted by Gasteiger charge is 2.34. The van der Waals surface area contributed by atoms with Crippen LogP contribution in [0.4, 0.5) is 19.0 Å². The maximum absolute atomic E-state index is 12.9. The van der Waals surface area contributed by atoms with E-state index in [1.165, 1.54) is 0 Å². The van der Waals surface area contributed by atoms with Crippen LogP contribution in [0, 0.1) is 6.92 Å². The minimum atomic E-state index is -4.46. The number of aromatic nitrogens is 4. The molecule has 5 nitrogen and oxygen atoms in total. The van der Waals surface area contributed by atoms with E-state index in [0.29, 0.717) is 6.42 Å². The van der Waals surface area contributed by atoms with E-state index in [4.69, 9.17) is 0 Å². The number of anilines is 1. The normalized spacial score (nSPS) is 11.8. The smallest absolute Gasteiger partial charge is 0.368 e. The lowest BCUT2D eigenvalue weighted by atomic mass is 10.2. The second-order valence-corrected chi connectivity index (χ2v) is 5.10. The van der Waals surface area contributed by atoms with Gasteiger partial charge in [0.2, 0.25) is 0 Å². The molecule has 8 heteroatoms. The van der Waals surface area contributed by atoms with E-state index in [2.05, 4.69) is 20.5 Å². The Balaban J connectivity index is 1.71. The summed E-state index contributed by atoms with van der Waals surface area (Å²) in [6.45, 7) is 2.25. The molecule has 1 N–H and O–H groups in total. The number of rotatable bonds is 4. The van der Waals surface area contributed by atoms with E-state index in [1.54, 1.807) is 0 Å². The molecule has 0 aromatic carbocycles. The van der Waals surface area contributed by atoms with Crippen LogP contribution in [0.3, 0.4) is 0 Å². The van der Waals surface area contributed by atoms with Crippen molar-refractivity contribution >= 4 is 11.5 Å². The van der Waals surface area contributed by atoms with E-state index in [0.717, 1.165) is 29.3 Å². The predicted octanol–water partition coefficient (Wildman–Crippen LogP) is 3.11. The monoisotopic (exact) mass is 321 g/mol. The molecule has 3 aromatic heterocycles. The molecular formula is C15H14F3N5. The van der Waals surface area contributed by atoms with Gasteiger partial charge >= 0.3 is 6.18 Å². The average molecular weight is 321 g/mol. The van der Waals surface area contributed by atoms with Gasteiger partial charge in [-0.05, 0) is 25.1 Å². The van der Waals surface area contributed by atoms with Crippen molar-refractivity contribution in [3.05, 3.63) is 53.6 Å². The van der Waals surface area contributed by atoms with Crippen molar-refractivity contribution in [2.75, 3.05) is 11.9 Å². The van der Waals surface area contributed by atoms with Gasteiger partial charge in [0.05, 0.1) is 11.9 Å². The van der Waals surface area contributed by atoms with Gasteiger partial charge in [0, 0.05) is 24.9 Å². The summed E-state index contributed by atoms with van der Waals surface area (Å²) in [7, 11) is 0. The summed E-state index contributed by atoms with van der Waals surface area (Å²) in [6, 6.07) is 6.67. The SMILES string of the molecule is Cc1cccc2nc(CCNc3nnccc3C(F)(F)F)cn12. The zero-order valence-corrected chi connectivity index (χ0v) is 12.3. The molecule has 0 amide bonds. The number of fused-ring (bicyclic) bond motifs is 1. The molecule has 3 aromatic rings. The van der Waals surface area contributed by atoms with Crippen LogP contribution in [0.15, 0.2) is 36.7 Å². The van der Waals surface area contributed by atoms with E-state index in [9.17, 15) is 13.2 Å². The highest BCUT2D eigenvalue weighted by atomic mass is 19.4. The molecule has 3 heterocycles. The summed E-state index contributed by atoms with van der Waals surface area (Å²) in [5.41, 5.74) is 1.83. The molecule has 23 heavy (non-hydrogen) atoms. The molecule has 0 saturated heterocycles. The molecule has 0 bridgehead atoms. The van der Waals surface area contributed by atoms with Gasteiger partial charge in [0.1, 0.15) is 11.2 Å². The van der Waals surface area contributed by atoms with Crippen LogP contribution in [0.1, 0.15) is 17.0 Å². The molecular weight excluding hydrogens is 307 g/mol. The van der Waals surface area contributed by atoms with Gasteiger partial charge in [-0.25, -0.2) is 4.98 Å². The lowest BCUT2D eigenvalue weighted by Crippen LogP contribution is -2.14. The first kappa shape index (κ1) is 15.3. The number of halogens is 3. The van der Waals surface area contributed by atoms with E-state index >= 15 is 0 Å². The van der Waals surface area contributed by atoms with Crippen LogP contribution < -0.4 is 5.32 Å². The molecule has 0 aliphatic rings. The Morgan fingerprint density at radius 2 is 2.04 bits per heavy atom. The van der Waals surface area contributed by atoms with Gasteiger partial charge in [-0.3, -0.25) is 0 Å². The van der Waals surface area contributed by atoms with Gasteiger partial charge in [-0.2, -0.15) is 18.3 Å². The fourth-order valence-corrected chi connectivity index (χ4v) is 2.32. The van der Waals surface area contributed by atoms with Gasteiger partial charge in [-0.1, -0.05) is 6.07 Å². The van der Waals surface area contributed by atoms with Gasteiger partial charge in [0.25, 0.3) is 0 Å². The van der Waals surface area contributed by atoms with Crippen molar-refractivity contribution in [3.8, 4) is 0 Å². The minimum absolute atomic E-state index is 0.264. The van der Waals surface area contributed by atoms with Gasteiger partial charge in [0.15, 0.2) is 5.82 Å². The summed E-state index contributed by atoms with van der Waals surface area (Å²) in [5, 5.41) is 9.71. The van der Waals surface area contributed by atoms with Crippen LogP contribution in [0.25, 0.3) is 5.65 Å². The van der Waals surface area contributed by atoms with Gasteiger partial charge in [-0.15, -0.1) is 5.10 Å². The standard InChI is InChI=1S/C15H14F3N5/c1-10-3-2-4-13-21-11(9-23(10)13)5-7-19-14-12(15(16,17)18)6-8-20-22-14/h2-4,6,8-9H,5,7H2,1H3,(H,19,22). The van der Waals surface area contributed by atoms with E-state index in [-0.39, 0.29) is 12.4 Å². The Morgan fingerprint density at radius 3 is 2.78 bits per heavy atom. The molecule has 0 aliphatic carbocycles. The van der Waals surface area contributed by atoms with Crippen molar-refractivity contribution in [2.45, 2.75) is 19.5 Å². The first-order valence-corrected chi connectivity index (χ1v) is 7.01. The highest BCUT2D eigenvalue weighted by molar-refractivity contribution is 5.45. The number of pyridine rings is 1. The summed E-state index contributed by atoms with van der Waals surface area (Å²) >= 11 is 0. The van der Waals surface area contributed by atoms with Crippen molar-refractivity contribution in [3.63, 3.8) is 0 Å². The van der Waals surface area contributed by atoms with Crippen LogP contribution in [0.2, 0.25) is 0 Å². The molecule has 0 spiro atoms.